The Kier molecular flexibility index (Phi) is 2.74. The standard InChI is InChI=1S/C20H12ClI/c21-20-16(22)10-9-15-17-11-5-1-3-7-13(11)18(19(15)20)14-8-4-2-6-12(14)17/h1-10,17-18H. The second-order valence-corrected chi connectivity index (χ2v) is 7.53. The lowest BCUT2D eigenvalue weighted by atomic mass is 9.61. The van der Waals surface area contributed by atoms with Crippen molar-refractivity contribution in [3.63, 3.8) is 0 Å². The van der Waals surface area contributed by atoms with Gasteiger partial charge < -0.3 is 0 Å². The molecule has 3 aromatic carbocycles. The molecule has 2 bridgehead atoms. The molecule has 3 aliphatic rings. The minimum atomic E-state index is 0.273. The third kappa shape index (κ3) is 1.53. The van der Waals surface area contributed by atoms with Crippen LogP contribution in [0.25, 0.3) is 0 Å². The number of halogens is 2. The summed E-state index contributed by atoms with van der Waals surface area (Å²) in [5, 5.41) is 0.928. The summed E-state index contributed by atoms with van der Waals surface area (Å²) in [6, 6.07) is 22.1. The van der Waals surface area contributed by atoms with Crippen LogP contribution >= 0.6 is 34.2 Å². The summed E-state index contributed by atoms with van der Waals surface area (Å²) in [6.07, 6.45) is 0. The van der Waals surface area contributed by atoms with E-state index in [0.717, 1.165) is 8.59 Å². The van der Waals surface area contributed by atoms with Crippen molar-refractivity contribution in [2.24, 2.45) is 0 Å². The largest absolute Gasteiger partial charge is 0.0828 e. The van der Waals surface area contributed by atoms with Gasteiger partial charge in [-0.2, -0.15) is 0 Å². The lowest BCUT2D eigenvalue weighted by molar-refractivity contribution is 0.754. The topological polar surface area (TPSA) is 0 Å². The highest BCUT2D eigenvalue weighted by Gasteiger charge is 2.42. The Morgan fingerprint density at radius 3 is 1.68 bits per heavy atom. The zero-order valence-corrected chi connectivity index (χ0v) is 14.6. The van der Waals surface area contributed by atoms with Gasteiger partial charge in [-0.05, 0) is 62.0 Å². The smallest absolute Gasteiger partial charge is 0.0584 e. The molecule has 0 saturated carbocycles. The molecule has 3 aromatic rings. The molecule has 6 rings (SSSR count). The summed E-state index contributed by atoms with van der Waals surface area (Å²) >= 11 is 9.07. The average Bonchev–Trinajstić information content (AvgIpc) is 2.58. The summed E-state index contributed by atoms with van der Waals surface area (Å²) in [5.41, 5.74) is 8.42. The van der Waals surface area contributed by atoms with Gasteiger partial charge in [0.2, 0.25) is 0 Å². The minimum Gasteiger partial charge on any atom is -0.0828 e. The zero-order valence-electron chi connectivity index (χ0n) is 11.7. The lowest BCUT2D eigenvalue weighted by Gasteiger charge is -2.42. The molecule has 0 amide bonds. The fourth-order valence-electron chi connectivity index (χ4n) is 4.18. The summed E-state index contributed by atoms with van der Waals surface area (Å²) < 4.78 is 1.14. The lowest BCUT2D eigenvalue weighted by Crippen LogP contribution is -2.27. The van der Waals surface area contributed by atoms with E-state index in [1.165, 1.54) is 33.4 Å². The molecule has 22 heavy (non-hydrogen) atoms. The third-order valence-corrected chi connectivity index (χ3v) is 6.63. The van der Waals surface area contributed by atoms with Gasteiger partial charge in [0.15, 0.2) is 0 Å². The third-order valence-electron chi connectivity index (χ3n) is 5.00. The predicted octanol–water partition coefficient (Wildman–Crippen LogP) is 5.93. The first kappa shape index (κ1) is 13.1. The van der Waals surface area contributed by atoms with Crippen LogP contribution in [0, 0.1) is 3.57 Å². The second kappa shape index (κ2) is 4.59. The molecule has 3 aliphatic carbocycles. The Morgan fingerprint density at radius 2 is 1.14 bits per heavy atom. The molecular formula is C20H12ClI. The van der Waals surface area contributed by atoms with E-state index < -0.39 is 0 Å². The Labute approximate surface area is 148 Å². The van der Waals surface area contributed by atoms with Crippen LogP contribution < -0.4 is 0 Å². The number of hydrogen-bond donors (Lipinski definition) is 0. The van der Waals surface area contributed by atoms with Gasteiger partial charge in [0.25, 0.3) is 0 Å². The minimum absolute atomic E-state index is 0.273. The maximum Gasteiger partial charge on any atom is 0.0584 e. The van der Waals surface area contributed by atoms with Crippen molar-refractivity contribution in [1.29, 1.82) is 0 Å². The van der Waals surface area contributed by atoms with Gasteiger partial charge in [0, 0.05) is 15.4 Å². The van der Waals surface area contributed by atoms with Gasteiger partial charge in [-0.3, -0.25) is 0 Å². The normalized spacial score (nSPS) is 20.3. The van der Waals surface area contributed by atoms with Gasteiger partial charge in [-0.1, -0.05) is 66.2 Å². The number of hydrogen-bond acceptors (Lipinski definition) is 0. The van der Waals surface area contributed by atoms with E-state index in [1.807, 2.05) is 0 Å². The molecular weight excluding hydrogens is 403 g/mol. The van der Waals surface area contributed by atoms with Crippen LogP contribution in [0.15, 0.2) is 60.7 Å². The van der Waals surface area contributed by atoms with Crippen molar-refractivity contribution in [3.05, 3.63) is 103 Å². The van der Waals surface area contributed by atoms with Crippen LogP contribution in [0.3, 0.4) is 0 Å². The summed E-state index contributed by atoms with van der Waals surface area (Å²) in [6.45, 7) is 0. The SMILES string of the molecule is Clc1c(I)ccc2c1C1c3ccccc3C2c2ccccc21. The van der Waals surface area contributed by atoms with Crippen LogP contribution in [0.1, 0.15) is 45.2 Å². The van der Waals surface area contributed by atoms with Gasteiger partial charge in [-0.15, -0.1) is 0 Å². The van der Waals surface area contributed by atoms with E-state index in [9.17, 15) is 0 Å². The molecule has 0 radical (unpaired) electrons. The van der Waals surface area contributed by atoms with Crippen LogP contribution in [-0.4, -0.2) is 0 Å². The van der Waals surface area contributed by atoms with Crippen molar-refractivity contribution in [2.75, 3.05) is 0 Å². The van der Waals surface area contributed by atoms with Crippen LogP contribution in [-0.2, 0) is 0 Å². The van der Waals surface area contributed by atoms with Crippen LogP contribution in [0.2, 0.25) is 5.02 Å². The monoisotopic (exact) mass is 414 g/mol. The van der Waals surface area contributed by atoms with Gasteiger partial charge in [0.1, 0.15) is 0 Å². The van der Waals surface area contributed by atoms with E-state index in [-0.39, 0.29) is 5.92 Å². The van der Waals surface area contributed by atoms with E-state index in [2.05, 4.69) is 83.3 Å². The van der Waals surface area contributed by atoms with E-state index >= 15 is 0 Å². The first-order valence-electron chi connectivity index (χ1n) is 7.43. The van der Waals surface area contributed by atoms with Crippen molar-refractivity contribution in [2.45, 2.75) is 11.8 Å². The quantitative estimate of drug-likeness (QED) is 0.275. The summed E-state index contributed by atoms with van der Waals surface area (Å²) in [4.78, 5) is 0. The van der Waals surface area contributed by atoms with Crippen molar-refractivity contribution >= 4 is 34.2 Å². The molecule has 0 aliphatic heterocycles. The second-order valence-electron chi connectivity index (χ2n) is 5.99. The fourth-order valence-corrected chi connectivity index (χ4v) is 4.93. The van der Waals surface area contributed by atoms with E-state index in [0.29, 0.717) is 5.92 Å². The molecule has 2 heteroatoms. The van der Waals surface area contributed by atoms with Gasteiger partial charge in [0.05, 0.1) is 5.02 Å². The molecule has 0 nitrogen and oxygen atoms in total. The van der Waals surface area contributed by atoms with Crippen molar-refractivity contribution < 1.29 is 0 Å². The first-order chi connectivity index (χ1) is 10.8. The molecule has 0 fully saturated rings. The number of rotatable bonds is 0. The molecule has 0 saturated heterocycles. The highest BCUT2D eigenvalue weighted by molar-refractivity contribution is 14.1. The van der Waals surface area contributed by atoms with Crippen LogP contribution in [0.5, 0.6) is 0 Å². The maximum atomic E-state index is 6.73. The highest BCUT2D eigenvalue weighted by Crippen LogP contribution is 2.57. The fraction of sp³-hybridized carbons (Fsp3) is 0.100. The van der Waals surface area contributed by atoms with E-state index in [1.54, 1.807) is 0 Å². The Morgan fingerprint density at radius 1 is 0.636 bits per heavy atom. The van der Waals surface area contributed by atoms with Crippen molar-refractivity contribution in [1.82, 2.24) is 0 Å². The molecule has 0 atom stereocenters. The van der Waals surface area contributed by atoms with Crippen LogP contribution in [0.4, 0.5) is 0 Å². The molecule has 0 unspecified atom stereocenters. The molecule has 0 N–H and O–H groups in total. The molecule has 0 aromatic heterocycles. The Hall–Kier alpha value is -1.32. The van der Waals surface area contributed by atoms with Crippen molar-refractivity contribution in [3.8, 4) is 0 Å². The molecule has 106 valence electrons. The zero-order chi connectivity index (χ0) is 14.8. The van der Waals surface area contributed by atoms with E-state index in [4.69, 9.17) is 11.6 Å². The summed E-state index contributed by atoms with van der Waals surface area (Å²) in [5.74, 6) is 0.594. The van der Waals surface area contributed by atoms with Gasteiger partial charge in [-0.25, -0.2) is 0 Å². The molecule has 0 heterocycles. The van der Waals surface area contributed by atoms with Gasteiger partial charge >= 0.3 is 0 Å². The predicted molar refractivity (Wildman–Crippen MR) is 98.9 cm³/mol. The highest BCUT2D eigenvalue weighted by atomic mass is 127. The number of benzene rings is 3. The Bertz CT molecular complexity index is 881. The summed E-state index contributed by atoms with van der Waals surface area (Å²) in [7, 11) is 0. The average molecular weight is 415 g/mol. The maximum absolute atomic E-state index is 6.73. The first-order valence-corrected chi connectivity index (χ1v) is 8.88. The molecule has 0 spiro atoms. The Balaban J connectivity index is 1.94.